The molecule has 3 aromatic carbocycles. The molecule has 8 heteroatoms. The van der Waals surface area contributed by atoms with Crippen molar-refractivity contribution in [1.29, 1.82) is 0 Å². The molecule has 5 nitrogen and oxygen atoms in total. The van der Waals surface area contributed by atoms with Gasteiger partial charge in [0.1, 0.15) is 12.4 Å². The van der Waals surface area contributed by atoms with Gasteiger partial charge < -0.3 is 9.30 Å². The van der Waals surface area contributed by atoms with Gasteiger partial charge in [0.05, 0.1) is 11.4 Å². The molecule has 39 heavy (non-hydrogen) atoms. The van der Waals surface area contributed by atoms with Gasteiger partial charge in [-0.15, -0.1) is 0 Å². The van der Waals surface area contributed by atoms with E-state index in [1.54, 1.807) is 12.1 Å². The minimum atomic E-state index is -0.306. The Balaban J connectivity index is 1.35. The third kappa shape index (κ3) is 5.88. The Hall–Kier alpha value is -3.19. The van der Waals surface area contributed by atoms with Gasteiger partial charge >= 0.3 is 0 Å². The Morgan fingerprint density at radius 2 is 1.82 bits per heavy atom. The van der Waals surface area contributed by atoms with Crippen molar-refractivity contribution >= 4 is 63.1 Å². The van der Waals surface area contributed by atoms with E-state index in [-0.39, 0.29) is 24.3 Å². The van der Waals surface area contributed by atoms with Crippen molar-refractivity contribution in [3.8, 4) is 5.75 Å². The Bertz CT molecular complexity index is 1610. The number of thioether (sulfide) groups is 1. The summed E-state index contributed by atoms with van der Waals surface area (Å²) in [5.41, 5.74) is 5.00. The number of benzene rings is 3. The van der Waals surface area contributed by atoms with Gasteiger partial charge in [-0.2, -0.15) is 0 Å². The Labute approximate surface area is 242 Å². The lowest BCUT2D eigenvalue weighted by atomic mass is 10.0. The number of hydrogen-bond donors (Lipinski definition) is 0. The summed E-state index contributed by atoms with van der Waals surface area (Å²) in [6, 6.07) is 19.5. The minimum Gasteiger partial charge on any atom is -0.491 e. The monoisotopic (exact) mass is 578 g/mol. The van der Waals surface area contributed by atoms with Crippen molar-refractivity contribution in [2.45, 2.75) is 33.2 Å². The van der Waals surface area contributed by atoms with Crippen LogP contribution in [0.15, 0.2) is 71.8 Å². The highest BCUT2D eigenvalue weighted by Crippen LogP contribution is 2.35. The molecule has 0 atom stereocenters. The normalized spacial score (nSPS) is 14.8. The summed E-state index contributed by atoms with van der Waals surface area (Å²) in [4.78, 5) is 27.7. The number of hydrogen-bond acceptors (Lipinski definition) is 4. The number of para-hydroxylation sites is 1. The smallest absolute Gasteiger partial charge is 0.293 e. The third-order valence-electron chi connectivity index (χ3n) is 6.70. The summed E-state index contributed by atoms with van der Waals surface area (Å²) in [5, 5.41) is 1.87. The number of ether oxygens (including phenoxy) is 1. The molecule has 1 saturated heterocycles. The second-order valence-corrected chi connectivity index (χ2v) is 11.7. The van der Waals surface area contributed by atoms with Crippen LogP contribution in [0.3, 0.4) is 0 Å². The first-order valence-electron chi connectivity index (χ1n) is 12.7. The van der Waals surface area contributed by atoms with Gasteiger partial charge in [-0.1, -0.05) is 73.4 Å². The van der Waals surface area contributed by atoms with E-state index in [9.17, 15) is 9.59 Å². The first-order chi connectivity index (χ1) is 18.7. The third-order valence-corrected chi connectivity index (χ3v) is 8.19. The molecule has 0 spiro atoms. The molecule has 0 radical (unpaired) electrons. The number of rotatable bonds is 8. The first-order valence-corrected chi connectivity index (χ1v) is 14.3. The quantitative estimate of drug-likeness (QED) is 0.196. The molecule has 4 aromatic rings. The lowest BCUT2D eigenvalue weighted by molar-refractivity contribution is -0.123. The fourth-order valence-electron chi connectivity index (χ4n) is 4.68. The molecule has 5 rings (SSSR count). The van der Waals surface area contributed by atoms with Gasteiger partial charge in [0.25, 0.3) is 11.1 Å². The van der Waals surface area contributed by atoms with Crippen LogP contribution in [0.1, 0.15) is 42.0 Å². The molecule has 1 aliphatic heterocycles. The maximum absolute atomic E-state index is 13.2. The largest absolute Gasteiger partial charge is 0.491 e. The molecular weight excluding hydrogens is 551 g/mol. The van der Waals surface area contributed by atoms with Crippen molar-refractivity contribution in [3.63, 3.8) is 0 Å². The summed E-state index contributed by atoms with van der Waals surface area (Å²) < 4.78 is 8.11. The van der Waals surface area contributed by atoms with Crippen LogP contribution in [0, 0.1) is 6.92 Å². The number of halogens is 2. The first kappa shape index (κ1) is 27.4. The van der Waals surface area contributed by atoms with E-state index < -0.39 is 0 Å². The Morgan fingerprint density at radius 1 is 1.03 bits per heavy atom. The van der Waals surface area contributed by atoms with Crippen molar-refractivity contribution in [2.24, 2.45) is 0 Å². The highest BCUT2D eigenvalue weighted by atomic mass is 35.5. The maximum Gasteiger partial charge on any atom is 0.293 e. The zero-order valence-corrected chi connectivity index (χ0v) is 24.2. The summed E-state index contributed by atoms with van der Waals surface area (Å²) in [6.07, 6.45) is 3.78. The fraction of sp³-hybridized carbons (Fsp3) is 0.226. The fourth-order valence-corrected chi connectivity index (χ4v) is 6.00. The zero-order valence-electron chi connectivity index (χ0n) is 21.9. The number of fused-ring (bicyclic) bond motifs is 1. The molecule has 200 valence electrons. The van der Waals surface area contributed by atoms with E-state index in [1.807, 2.05) is 55.6 Å². The van der Waals surface area contributed by atoms with Crippen molar-refractivity contribution in [3.05, 3.63) is 104 Å². The Morgan fingerprint density at radius 3 is 2.59 bits per heavy atom. The van der Waals surface area contributed by atoms with E-state index in [0.29, 0.717) is 27.4 Å². The zero-order chi connectivity index (χ0) is 27.7. The SMILES string of the molecule is Cc1ccc(C(C)C)c(OCCN2C(=O)S/C(=C\c3cn(Cc4ccc(Cl)cc4Cl)c4ccccc34)C2=O)c1. The number of carbonyl (C=O) groups excluding carboxylic acids is 2. The van der Waals surface area contributed by atoms with Crippen LogP contribution in [-0.2, 0) is 11.3 Å². The Kier molecular flexibility index (Phi) is 8.08. The van der Waals surface area contributed by atoms with Crippen LogP contribution < -0.4 is 4.74 Å². The molecular formula is C31H28Cl2N2O3S. The van der Waals surface area contributed by atoms with Gasteiger partial charge in [-0.25, -0.2) is 0 Å². The van der Waals surface area contributed by atoms with Gasteiger partial charge in [0.2, 0.25) is 0 Å². The molecule has 1 aromatic heterocycles. The highest BCUT2D eigenvalue weighted by molar-refractivity contribution is 8.18. The molecule has 2 heterocycles. The number of amides is 2. The van der Waals surface area contributed by atoms with E-state index in [1.165, 1.54) is 4.90 Å². The summed E-state index contributed by atoms with van der Waals surface area (Å²) in [7, 11) is 0. The summed E-state index contributed by atoms with van der Waals surface area (Å²) in [6.45, 7) is 7.19. The van der Waals surface area contributed by atoms with Crippen LogP contribution >= 0.6 is 35.0 Å². The molecule has 0 N–H and O–H groups in total. The second kappa shape index (κ2) is 11.5. The van der Waals surface area contributed by atoms with Gasteiger partial charge in [-0.05, 0) is 71.6 Å². The molecule has 1 fully saturated rings. The number of aromatic nitrogens is 1. The molecule has 0 aliphatic carbocycles. The maximum atomic E-state index is 13.2. The lowest BCUT2D eigenvalue weighted by Gasteiger charge is -2.17. The average Bonchev–Trinajstić information content (AvgIpc) is 3.37. The highest BCUT2D eigenvalue weighted by Gasteiger charge is 2.35. The van der Waals surface area contributed by atoms with Crippen LogP contribution in [0.5, 0.6) is 5.75 Å². The van der Waals surface area contributed by atoms with Gasteiger partial charge in [-0.3, -0.25) is 14.5 Å². The molecule has 2 amide bonds. The minimum absolute atomic E-state index is 0.185. The van der Waals surface area contributed by atoms with Crippen LogP contribution in [0.2, 0.25) is 10.0 Å². The second-order valence-electron chi connectivity index (χ2n) is 9.84. The van der Waals surface area contributed by atoms with E-state index >= 15 is 0 Å². The summed E-state index contributed by atoms with van der Waals surface area (Å²) in [5.74, 6) is 0.791. The standard InChI is InChI=1S/C31H28Cl2N2O3S/c1-19(2)24-11-8-20(3)14-28(24)38-13-12-35-30(36)29(39-31(35)37)15-22-18-34(27-7-5-4-6-25(22)27)17-21-9-10-23(32)16-26(21)33/h4-11,14-16,18-19H,12-13,17H2,1-3H3/b29-15-. The molecule has 0 bridgehead atoms. The molecule has 0 unspecified atom stereocenters. The number of imide groups is 1. The van der Waals surface area contributed by atoms with E-state index in [0.717, 1.165) is 50.7 Å². The van der Waals surface area contributed by atoms with E-state index in [2.05, 4.69) is 30.5 Å². The van der Waals surface area contributed by atoms with Crippen molar-refractivity contribution in [2.75, 3.05) is 13.2 Å². The number of nitrogens with zero attached hydrogens (tertiary/aromatic N) is 2. The van der Waals surface area contributed by atoms with Crippen LogP contribution in [-0.4, -0.2) is 33.8 Å². The van der Waals surface area contributed by atoms with Gasteiger partial charge in [0.15, 0.2) is 0 Å². The van der Waals surface area contributed by atoms with Crippen molar-refractivity contribution in [1.82, 2.24) is 9.47 Å². The molecule has 1 aliphatic rings. The van der Waals surface area contributed by atoms with Crippen molar-refractivity contribution < 1.29 is 14.3 Å². The summed E-state index contributed by atoms with van der Waals surface area (Å²) >= 11 is 13.5. The van der Waals surface area contributed by atoms with Crippen LogP contribution in [0.25, 0.3) is 17.0 Å². The van der Waals surface area contributed by atoms with Gasteiger partial charge in [0, 0.05) is 39.3 Å². The predicted octanol–water partition coefficient (Wildman–Crippen LogP) is 8.54. The van der Waals surface area contributed by atoms with E-state index in [4.69, 9.17) is 27.9 Å². The predicted molar refractivity (Wildman–Crippen MR) is 161 cm³/mol. The lowest BCUT2D eigenvalue weighted by Crippen LogP contribution is -2.32. The van der Waals surface area contributed by atoms with Crippen LogP contribution in [0.4, 0.5) is 4.79 Å². The number of carbonyl (C=O) groups is 2. The molecule has 0 saturated carbocycles. The topological polar surface area (TPSA) is 51.5 Å². The average molecular weight is 580 g/mol. The number of aryl methyl sites for hydroxylation is 1.